The van der Waals surface area contributed by atoms with Gasteiger partial charge in [-0.3, -0.25) is 9.59 Å². The SMILES string of the molecule is CC(C)[C@H]1OCC[C@@H]1CNC(=O)[C@H]1CC(=O)N(c2ccc(F)cc2F)C1. The van der Waals surface area contributed by atoms with Crippen molar-refractivity contribution < 1.29 is 23.1 Å². The molecule has 2 saturated heterocycles. The summed E-state index contributed by atoms with van der Waals surface area (Å²) in [6.07, 6.45) is 1.06. The molecule has 3 atom stereocenters. The van der Waals surface area contributed by atoms with Crippen LogP contribution in [0.1, 0.15) is 26.7 Å². The Morgan fingerprint density at radius 2 is 2.15 bits per heavy atom. The molecule has 1 N–H and O–H groups in total. The predicted molar refractivity (Wildman–Crippen MR) is 92.5 cm³/mol. The van der Waals surface area contributed by atoms with Crippen molar-refractivity contribution in [1.29, 1.82) is 0 Å². The van der Waals surface area contributed by atoms with Gasteiger partial charge in [0.2, 0.25) is 11.8 Å². The maximum absolute atomic E-state index is 13.9. The highest BCUT2D eigenvalue weighted by molar-refractivity contribution is 6.00. The smallest absolute Gasteiger partial charge is 0.227 e. The third-order valence-corrected chi connectivity index (χ3v) is 5.16. The number of hydrogen-bond donors (Lipinski definition) is 1. The van der Waals surface area contributed by atoms with Gasteiger partial charge in [-0.15, -0.1) is 0 Å². The molecule has 0 aliphatic carbocycles. The lowest BCUT2D eigenvalue weighted by molar-refractivity contribution is -0.126. The highest BCUT2D eigenvalue weighted by Crippen LogP contribution is 2.29. The van der Waals surface area contributed by atoms with Crippen LogP contribution in [-0.4, -0.2) is 37.6 Å². The van der Waals surface area contributed by atoms with Crippen LogP contribution >= 0.6 is 0 Å². The van der Waals surface area contributed by atoms with E-state index in [0.29, 0.717) is 19.1 Å². The number of nitrogens with one attached hydrogen (secondary N) is 1. The first kappa shape index (κ1) is 18.8. The van der Waals surface area contributed by atoms with Crippen molar-refractivity contribution in [2.24, 2.45) is 17.8 Å². The zero-order valence-electron chi connectivity index (χ0n) is 15.0. The minimum Gasteiger partial charge on any atom is -0.378 e. The molecule has 2 amide bonds. The first-order chi connectivity index (χ1) is 12.4. The zero-order chi connectivity index (χ0) is 18.8. The van der Waals surface area contributed by atoms with Crippen LogP contribution in [-0.2, 0) is 14.3 Å². The fourth-order valence-electron chi connectivity index (χ4n) is 3.80. The fourth-order valence-corrected chi connectivity index (χ4v) is 3.80. The van der Waals surface area contributed by atoms with Crippen molar-refractivity contribution in [2.45, 2.75) is 32.8 Å². The number of rotatable bonds is 5. The van der Waals surface area contributed by atoms with Crippen LogP contribution < -0.4 is 10.2 Å². The molecule has 1 aromatic rings. The number of carbonyl (C=O) groups is 2. The molecule has 2 aliphatic rings. The van der Waals surface area contributed by atoms with E-state index in [4.69, 9.17) is 4.74 Å². The van der Waals surface area contributed by atoms with Gasteiger partial charge in [0.15, 0.2) is 0 Å². The standard InChI is InChI=1S/C19H24F2N2O3/c1-11(2)18-12(5-6-26-18)9-22-19(25)13-7-17(24)23(10-13)16-4-3-14(20)8-15(16)21/h3-4,8,11-13,18H,5-7,9-10H2,1-2H3,(H,22,25)/t12-,13+,18-/m1/s1. The summed E-state index contributed by atoms with van der Waals surface area (Å²) >= 11 is 0. The largest absolute Gasteiger partial charge is 0.378 e. The van der Waals surface area contributed by atoms with E-state index in [1.807, 2.05) is 0 Å². The fraction of sp³-hybridized carbons (Fsp3) is 0.579. The highest BCUT2D eigenvalue weighted by atomic mass is 19.1. The summed E-state index contributed by atoms with van der Waals surface area (Å²) in [4.78, 5) is 25.9. The Morgan fingerprint density at radius 1 is 1.38 bits per heavy atom. The summed E-state index contributed by atoms with van der Waals surface area (Å²) < 4.78 is 32.7. The van der Waals surface area contributed by atoms with Crippen LogP contribution in [0.2, 0.25) is 0 Å². The topological polar surface area (TPSA) is 58.6 Å². The molecule has 1 aromatic carbocycles. The van der Waals surface area contributed by atoms with E-state index in [2.05, 4.69) is 19.2 Å². The van der Waals surface area contributed by atoms with Crippen LogP contribution in [0.4, 0.5) is 14.5 Å². The van der Waals surface area contributed by atoms with E-state index in [0.717, 1.165) is 18.6 Å². The van der Waals surface area contributed by atoms with Crippen LogP contribution in [0.25, 0.3) is 0 Å². The number of halogens is 2. The van der Waals surface area contributed by atoms with E-state index in [1.165, 1.54) is 11.0 Å². The van der Waals surface area contributed by atoms with Gasteiger partial charge in [0.25, 0.3) is 0 Å². The van der Waals surface area contributed by atoms with Gasteiger partial charge in [-0.05, 0) is 24.5 Å². The Kier molecular flexibility index (Phi) is 5.55. The molecular weight excluding hydrogens is 342 g/mol. The average Bonchev–Trinajstić information content (AvgIpc) is 3.19. The molecule has 0 aromatic heterocycles. The van der Waals surface area contributed by atoms with Gasteiger partial charge in [-0.1, -0.05) is 13.8 Å². The second-order valence-corrected chi connectivity index (χ2v) is 7.37. The summed E-state index contributed by atoms with van der Waals surface area (Å²) in [5.74, 6) is -1.94. The molecule has 0 saturated carbocycles. The van der Waals surface area contributed by atoms with Gasteiger partial charge < -0.3 is 15.0 Å². The average molecular weight is 366 g/mol. The van der Waals surface area contributed by atoms with Gasteiger partial charge in [0.1, 0.15) is 11.6 Å². The number of nitrogens with zero attached hydrogens (tertiary/aromatic N) is 1. The minimum absolute atomic E-state index is 0.00997. The molecule has 7 heteroatoms. The lowest BCUT2D eigenvalue weighted by atomic mass is 9.93. The Bertz CT molecular complexity index is 695. The summed E-state index contributed by atoms with van der Waals surface area (Å²) in [5.41, 5.74) is 0.00997. The van der Waals surface area contributed by atoms with Crippen molar-refractivity contribution >= 4 is 17.5 Å². The van der Waals surface area contributed by atoms with Crippen molar-refractivity contribution in [1.82, 2.24) is 5.32 Å². The first-order valence-corrected chi connectivity index (χ1v) is 9.01. The van der Waals surface area contributed by atoms with E-state index >= 15 is 0 Å². The van der Waals surface area contributed by atoms with Gasteiger partial charge in [-0.25, -0.2) is 8.78 Å². The second-order valence-electron chi connectivity index (χ2n) is 7.37. The molecular formula is C19H24F2N2O3. The van der Waals surface area contributed by atoms with E-state index < -0.39 is 17.6 Å². The van der Waals surface area contributed by atoms with Crippen LogP contribution in [0, 0.1) is 29.4 Å². The molecule has 142 valence electrons. The second kappa shape index (κ2) is 7.70. The van der Waals surface area contributed by atoms with Crippen LogP contribution in [0.3, 0.4) is 0 Å². The monoisotopic (exact) mass is 366 g/mol. The number of carbonyl (C=O) groups excluding carboxylic acids is 2. The van der Waals surface area contributed by atoms with Gasteiger partial charge >= 0.3 is 0 Å². The molecule has 2 heterocycles. The normalized spacial score (nSPS) is 26.0. The third-order valence-electron chi connectivity index (χ3n) is 5.16. The Hall–Kier alpha value is -2.02. The molecule has 0 bridgehead atoms. The van der Waals surface area contributed by atoms with E-state index in [1.54, 1.807) is 0 Å². The molecule has 0 spiro atoms. The third kappa shape index (κ3) is 3.87. The van der Waals surface area contributed by atoms with Crippen LogP contribution in [0.15, 0.2) is 18.2 Å². The van der Waals surface area contributed by atoms with E-state index in [-0.39, 0.29) is 42.5 Å². The zero-order valence-corrected chi connectivity index (χ0v) is 15.0. The van der Waals surface area contributed by atoms with Gasteiger partial charge in [0, 0.05) is 38.1 Å². The number of anilines is 1. The molecule has 2 aliphatic heterocycles. The lowest BCUT2D eigenvalue weighted by Gasteiger charge is -2.23. The quantitative estimate of drug-likeness (QED) is 0.871. The predicted octanol–water partition coefficient (Wildman–Crippen LogP) is 2.50. The molecule has 0 radical (unpaired) electrons. The van der Waals surface area contributed by atoms with Crippen molar-refractivity contribution in [3.05, 3.63) is 29.8 Å². The van der Waals surface area contributed by atoms with Crippen molar-refractivity contribution in [3.63, 3.8) is 0 Å². The summed E-state index contributed by atoms with van der Waals surface area (Å²) in [7, 11) is 0. The number of hydrogen-bond acceptors (Lipinski definition) is 3. The molecule has 0 unspecified atom stereocenters. The summed E-state index contributed by atoms with van der Waals surface area (Å²) in [6, 6.07) is 3.07. The minimum atomic E-state index is -0.803. The number of ether oxygens (including phenoxy) is 1. The first-order valence-electron chi connectivity index (χ1n) is 9.01. The summed E-state index contributed by atoms with van der Waals surface area (Å²) in [6.45, 7) is 5.49. The van der Waals surface area contributed by atoms with E-state index in [9.17, 15) is 18.4 Å². The van der Waals surface area contributed by atoms with Crippen molar-refractivity contribution in [3.8, 4) is 0 Å². The molecule has 5 nitrogen and oxygen atoms in total. The number of amides is 2. The molecule has 26 heavy (non-hydrogen) atoms. The highest BCUT2D eigenvalue weighted by Gasteiger charge is 2.37. The number of benzene rings is 1. The molecule has 2 fully saturated rings. The van der Waals surface area contributed by atoms with Gasteiger partial charge in [-0.2, -0.15) is 0 Å². The van der Waals surface area contributed by atoms with Gasteiger partial charge in [0.05, 0.1) is 17.7 Å². The Labute approximate surface area is 151 Å². The lowest BCUT2D eigenvalue weighted by Crippen LogP contribution is -2.38. The van der Waals surface area contributed by atoms with Crippen LogP contribution in [0.5, 0.6) is 0 Å². The molecule has 3 rings (SSSR count). The Balaban J connectivity index is 1.59. The maximum Gasteiger partial charge on any atom is 0.227 e. The summed E-state index contributed by atoms with van der Waals surface area (Å²) in [5, 5.41) is 2.92. The Morgan fingerprint density at radius 3 is 2.85 bits per heavy atom. The maximum atomic E-state index is 13.9. The van der Waals surface area contributed by atoms with Crippen molar-refractivity contribution in [2.75, 3.05) is 24.6 Å².